The normalized spacial score (nSPS) is 11.8. The van der Waals surface area contributed by atoms with Crippen LogP contribution < -0.4 is 14.2 Å². The smallest absolute Gasteiger partial charge is 0.349 e. The average molecular weight is 455 g/mol. The maximum atomic E-state index is 11.8. The molecule has 0 radical (unpaired) electrons. The maximum absolute atomic E-state index is 11.8. The topological polar surface area (TPSA) is 65.0 Å². The molecule has 0 aromatic heterocycles. The number of carboxylic acids is 1. The number of aliphatic carboxylic acids is 1. The summed E-state index contributed by atoms with van der Waals surface area (Å²) in [6.45, 7) is 5.21. The van der Waals surface area contributed by atoms with Crippen LogP contribution in [0.25, 0.3) is 0 Å². The van der Waals surface area contributed by atoms with Crippen molar-refractivity contribution < 1.29 is 24.1 Å². The number of hydrogen-bond donors (Lipinski definition) is 1. The van der Waals surface area contributed by atoms with Crippen LogP contribution in [0.15, 0.2) is 72.8 Å². The van der Waals surface area contributed by atoms with Gasteiger partial charge < -0.3 is 19.3 Å². The minimum atomic E-state index is -1.10. The van der Waals surface area contributed by atoms with Gasteiger partial charge >= 0.3 is 5.97 Å². The highest BCUT2D eigenvalue weighted by atomic mass is 35.5. The predicted molar refractivity (Wildman–Crippen MR) is 125 cm³/mol. The van der Waals surface area contributed by atoms with Gasteiger partial charge in [0.05, 0.1) is 13.2 Å². The first-order chi connectivity index (χ1) is 15.4. The van der Waals surface area contributed by atoms with E-state index in [-0.39, 0.29) is 0 Å². The van der Waals surface area contributed by atoms with Crippen LogP contribution in [0.5, 0.6) is 17.2 Å². The quantitative estimate of drug-likeness (QED) is 0.334. The fourth-order valence-corrected chi connectivity index (χ4v) is 3.16. The van der Waals surface area contributed by atoms with E-state index in [1.165, 1.54) is 5.56 Å². The van der Waals surface area contributed by atoms with Gasteiger partial charge in [0, 0.05) is 17.0 Å². The van der Waals surface area contributed by atoms with E-state index in [1.807, 2.05) is 24.3 Å². The van der Waals surface area contributed by atoms with Crippen molar-refractivity contribution in [1.29, 1.82) is 0 Å². The highest BCUT2D eigenvalue weighted by Crippen LogP contribution is 2.26. The lowest BCUT2D eigenvalue weighted by atomic mass is 10.0. The molecule has 6 heteroatoms. The molecule has 0 spiro atoms. The summed E-state index contributed by atoms with van der Waals surface area (Å²) in [6, 6.07) is 21.6. The molecule has 0 saturated heterocycles. The summed E-state index contributed by atoms with van der Waals surface area (Å²) >= 11 is 5.85. The van der Waals surface area contributed by atoms with Crippen molar-refractivity contribution in [2.75, 3.05) is 13.2 Å². The van der Waals surface area contributed by atoms with Crippen molar-refractivity contribution in [2.24, 2.45) is 0 Å². The zero-order chi connectivity index (χ0) is 22.9. The summed E-state index contributed by atoms with van der Waals surface area (Å²) in [7, 11) is 0. The molecule has 0 aliphatic heterocycles. The summed E-state index contributed by atoms with van der Waals surface area (Å²) in [6.07, 6.45) is -0.390. The summed E-state index contributed by atoms with van der Waals surface area (Å²) in [5.41, 5.74) is 1.72. The van der Waals surface area contributed by atoms with Crippen LogP contribution in [0, 0.1) is 0 Å². The predicted octanol–water partition coefficient (Wildman–Crippen LogP) is 6.52. The first-order valence-electron chi connectivity index (χ1n) is 10.5. The van der Waals surface area contributed by atoms with Gasteiger partial charge in [0.25, 0.3) is 0 Å². The Morgan fingerprint density at radius 2 is 1.25 bits per heavy atom. The molecule has 5 nitrogen and oxygen atoms in total. The first-order valence-corrected chi connectivity index (χ1v) is 10.9. The standard InChI is InChI=1S/C26H27ClO5/c1-18(2)19-4-12-24(13-5-19)32-25(26(28)29)20-6-10-22(11-7-20)30-16-3-17-31-23-14-8-21(27)9-15-23/h4-15,18,25H,3,16-17H2,1-2H3,(H,28,29). The molecule has 1 unspecified atom stereocenters. The Morgan fingerprint density at radius 1 is 0.781 bits per heavy atom. The third-order valence-corrected chi connectivity index (χ3v) is 5.10. The maximum Gasteiger partial charge on any atom is 0.349 e. The Bertz CT molecular complexity index is 982. The Kier molecular flexibility index (Phi) is 8.40. The Hall–Kier alpha value is -3.18. The SMILES string of the molecule is CC(C)c1ccc(OC(C(=O)O)c2ccc(OCCCOc3ccc(Cl)cc3)cc2)cc1. The van der Waals surface area contributed by atoms with Crippen LogP contribution in [-0.4, -0.2) is 24.3 Å². The Morgan fingerprint density at radius 3 is 1.75 bits per heavy atom. The third kappa shape index (κ3) is 6.92. The van der Waals surface area contributed by atoms with E-state index in [4.69, 9.17) is 25.8 Å². The molecule has 3 aromatic rings. The number of rotatable bonds is 11. The van der Waals surface area contributed by atoms with Crippen molar-refractivity contribution in [1.82, 2.24) is 0 Å². The van der Waals surface area contributed by atoms with Gasteiger partial charge in [-0.25, -0.2) is 4.79 Å². The van der Waals surface area contributed by atoms with Gasteiger partial charge in [0.2, 0.25) is 6.10 Å². The fraction of sp³-hybridized carbons (Fsp3) is 0.269. The largest absolute Gasteiger partial charge is 0.493 e. The second-order valence-corrected chi connectivity index (χ2v) is 8.07. The second kappa shape index (κ2) is 11.4. The number of carboxylic acid groups (broad SMARTS) is 1. The molecule has 3 rings (SSSR count). The van der Waals surface area contributed by atoms with E-state index < -0.39 is 12.1 Å². The van der Waals surface area contributed by atoms with Gasteiger partial charge in [-0.3, -0.25) is 0 Å². The van der Waals surface area contributed by atoms with Gasteiger partial charge in [-0.2, -0.15) is 0 Å². The van der Waals surface area contributed by atoms with Crippen LogP contribution in [0.2, 0.25) is 5.02 Å². The number of carbonyl (C=O) groups is 1. The van der Waals surface area contributed by atoms with Gasteiger partial charge in [0.1, 0.15) is 17.2 Å². The lowest BCUT2D eigenvalue weighted by Crippen LogP contribution is -2.18. The van der Waals surface area contributed by atoms with Crippen LogP contribution in [0.3, 0.4) is 0 Å². The molecule has 1 atom stereocenters. The van der Waals surface area contributed by atoms with E-state index in [9.17, 15) is 9.90 Å². The number of halogens is 1. The van der Waals surface area contributed by atoms with Gasteiger partial charge in [0.15, 0.2) is 0 Å². The molecule has 0 heterocycles. The van der Waals surface area contributed by atoms with Gasteiger partial charge in [-0.1, -0.05) is 49.7 Å². The third-order valence-electron chi connectivity index (χ3n) is 4.85. The highest BCUT2D eigenvalue weighted by molar-refractivity contribution is 6.30. The molecule has 1 N–H and O–H groups in total. The van der Waals surface area contributed by atoms with E-state index in [1.54, 1.807) is 48.5 Å². The zero-order valence-electron chi connectivity index (χ0n) is 18.2. The van der Waals surface area contributed by atoms with Crippen LogP contribution in [-0.2, 0) is 4.79 Å². The summed E-state index contributed by atoms with van der Waals surface area (Å²) in [5.74, 6) is 1.28. The number of benzene rings is 3. The molecule has 3 aromatic carbocycles. The van der Waals surface area contributed by atoms with Crippen LogP contribution in [0.1, 0.15) is 43.4 Å². The van der Waals surface area contributed by atoms with Crippen LogP contribution in [0.4, 0.5) is 0 Å². The molecular formula is C26H27ClO5. The molecule has 0 fully saturated rings. The second-order valence-electron chi connectivity index (χ2n) is 7.63. The van der Waals surface area contributed by atoms with Crippen molar-refractivity contribution in [3.8, 4) is 17.2 Å². The minimum Gasteiger partial charge on any atom is -0.493 e. The first kappa shape index (κ1) is 23.5. The van der Waals surface area contributed by atoms with Crippen LogP contribution >= 0.6 is 11.6 Å². The average Bonchev–Trinajstić information content (AvgIpc) is 2.79. The molecule has 32 heavy (non-hydrogen) atoms. The Balaban J connectivity index is 1.49. The molecule has 0 saturated carbocycles. The molecule has 0 bridgehead atoms. The number of hydrogen-bond acceptors (Lipinski definition) is 4. The van der Waals surface area contributed by atoms with E-state index in [0.717, 1.165) is 5.75 Å². The molecule has 0 aliphatic rings. The lowest BCUT2D eigenvalue weighted by molar-refractivity contribution is -0.145. The van der Waals surface area contributed by atoms with E-state index >= 15 is 0 Å². The van der Waals surface area contributed by atoms with Crippen molar-refractivity contribution >= 4 is 17.6 Å². The van der Waals surface area contributed by atoms with Crippen molar-refractivity contribution in [2.45, 2.75) is 32.3 Å². The summed E-state index contributed by atoms with van der Waals surface area (Å²) in [4.78, 5) is 11.8. The Labute approximate surface area is 193 Å². The van der Waals surface area contributed by atoms with Gasteiger partial charge in [-0.05, 0) is 60.0 Å². The van der Waals surface area contributed by atoms with Crippen molar-refractivity contribution in [3.05, 3.63) is 88.9 Å². The molecule has 0 amide bonds. The molecular weight excluding hydrogens is 428 g/mol. The molecule has 0 aliphatic carbocycles. The summed E-state index contributed by atoms with van der Waals surface area (Å²) < 4.78 is 17.1. The lowest BCUT2D eigenvalue weighted by Gasteiger charge is -2.17. The summed E-state index contributed by atoms with van der Waals surface area (Å²) in [5, 5.41) is 10.3. The minimum absolute atomic E-state index is 0.399. The van der Waals surface area contributed by atoms with E-state index in [2.05, 4.69) is 13.8 Å². The van der Waals surface area contributed by atoms with Crippen molar-refractivity contribution in [3.63, 3.8) is 0 Å². The molecule has 168 valence electrons. The zero-order valence-corrected chi connectivity index (χ0v) is 18.9. The monoisotopic (exact) mass is 454 g/mol. The van der Waals surface area contributed by atoms with Gasteiger partial charge in [-0.15, -0.1) is 0 Å². The highest BCUT2D eigenvalue weighted by Gasteiger charge is 2.22. The number of ether oxygens (including phenoxy) is 3. The fourth-order valence-electron chi connectivity index (χ4n) is 3.04. The van der Waals surface area contributed by atoms with E-state index in [0.29, 0.717) is 47.6 Å².